The second kappa shape index (κ2) is 4.23. The van der Waals surface area contributed by atoms with Crippen LogP contribution in [0.15, 0.2) is 48.9 Å². The first-order valence-electron chi connectivity index (χ1n) is 5.34. The van der Waals surface area contributed by atoms with E-state index in [2.05, 4.69) is 9.97 Å². The van der Waals surface area contributed by atoms with Crippen LogP contribution in [0.25, 0.3) is 5.65 Å². The lowest BCUT2D eigenvalue weighted by Gasteiger charge is -2.01. The topological polar surface area (TPSA) is 47.3 Å². The molecule has 0 atom stereocenters. The van der Waals surface area contributed by atoms with Gasteiger partial charge >= 0.3 is 0 Å². The molecule has 0 fully saturated rings. The quantitative estimate of drug-likeness (QED) is 0.663. The van der Waals surface area contributed by atoms with Gasteiger partial charge in [-0.15, -0.1) is 0 Å². The number of rotatable bonds is 2. The summed E-state index contributed by atoms with van der Waals surface area (Å²) in [5.41, 5.74) is 1.52. The normalized spacial score (nSPS) is 10.7. The molecule has 3 heterocycles. The maximum absolute atomic E-state index is 12.3. The number of fused-ring (bicyclic) bond motifs is 1. The number of pyridine rings is 2. The molecule has 4 nitrogen and oxygen atoms in total. The Bertz CT molecular complexity index is 721. The third-order valence-electron chi connectivity index (χ3n) is 2.60. The predicted molar refractivity (Wildman–Crippen MR) is 67.9 cm³/mol. The van der Waals surface area contributed by atoms with Gasteiger partial charge in [-0.25, -0.2) is 4.98 Å². The van der Waals surface area contributed by atoms with Gasteiger partial charge in [-0.3, -0.25) is 14.2 Å². The number of hydrogen-bond donors (Lipinski definition) is 0. The summed E-state index contributed by atoms with van der Waals surface area (Å²) in [6.45, 7) is 0. The minimum atomic E-state index is -0.176. The third kappa shape index (κ3) is 1.76. The van der Waals surface area contributed by atoms with Crippen LogP contribution in [-0.4, -0.2) is 20.2 Å². The van der Waals surface area contributed by atoms with Gasteiger partial charge in [0.05, 0.1) is 11.2 Å². The second-order valence-corrected chi connectivity index (χ2v) is 4.20. The maximum atomic E-state index is 12.3. The van der Waals surface area contributed by atoms with Crippen LogP contribution in [0.4, 0.5) is 0 Å². The highest BCUT2D eigenvalue weighted by molar-refractivity contribution is 6.30. The molecule has 0 radical (unpaired) electrons. The van der Waals surface area contributed by atoms with Crippen molar-refractivity contribution < 1.29 is 4.79 Å². The molecule has 0 aliphatic carbocycles. The van der Waals surface area contributed by atoms with Crippen molar-refractivity contribution in [3.8, 4) is 0 Å². The maximum Gasteiger partial charge on any atom is 0.229 e. The summed E-state index contributed by atoms with van der Waals surface area (Å²) in [5.74, 6) is -0.176. The van der Waals surface area contributed by atoms with Gasteiger partial charge < -0.3 is 0 Å². The first kappa shape index (κ1) is 10.9. The van der Waals surface area contributed by atoms with Gasteiger partial charge in [-0.05, 0) is 24.3 Å². The molecule has 18 heavy (non-hydrogen) atoms. The highest BCUT2D eigenvalue weighted by Gasteiger charge is 2.15. The summed E-state index contributed by atoms with van der Waals surface area (Å²) in [7, 11) is 0. The van der Waals surface area contributed by atoms with E-state index in [9.17, 15) is 4.79 Å². The molecule has 0 unspecified atom stereocenters. The van der Waals surface area contributed by atoms with Crippen LogP contribution < -0.4 is 0 Å². The highest BCUT2D eigenvalue weighted by Crippen LogP contribution is 2.15. The zero-order valence-electron chi connectivity index (χ0n) is 9.25. The Hall–Kier alpha value is -2.20. The number of imidazole rings is 1. The van der Waals surface area contributed by atoms with E-state index in [4.69, 9.17) is 11.6 Å². The fourth-order valence-electron chi connectivity index (χ4n) is 1.75. The summed E-state index contributed by atoms with van der Waals surface area (Å²) in [6, 6.07) is 8.71. The standard InChI is InChI=1S/C13H8ClN3O/c14-9-4-5-12-16-7-11(17(12)8-9)13(18)10-3-1-2-6-15-10/h1-8H. The van der Waals surface area contributed by atoms with E-state index in [0.29, 0.717) is 22.1 Å². The molecule has 88 valence electrons. The summed E-state index contributed by atoms with van der Waals surface area (Å²) in [4.78, 5) is 20.5. The number of nitrogens with zero attached hydrogens (tertiary/aromatic N) is 3. The van der Waals surface area contributed by atoms with Gasteiger partial charge in [0.1, 0.15) is 17.0 Å². The van der Waals surface area contributed by atoms with Gasteiger partial charge in [-0.1, -0.05) is 17.7 Å². The van der Waals surface area contributed by atoms with E-state index < -0.39 is 0 Å². The van der Waals surface area contributed by atoms with E-state index in [1.165, 1.54) is 6.20 Å². The molecule has 3 aromatic heterocycles. The molecule has 0 aliphatic heterocycles. The first-order chi connectivity index (χ1) is 8.75. The van der Waals surface area contributed by atoms with Crippen LogP contribution in [-0.2, 0) is 0 Å². The van der Waals surface area contributed by atoms with Gasteiger partial charge in [0.2, 0.25) is 5.78 Å². The number of carbonyl (C=O) groups is 1. The molecule has 0 saturated carbocycles. The molecular formula is C13H8ClN3O. The molecule has 0 bridgehead atoms. The Morgan fingerprint density at radius 2 is 2.06 bits per heavy atom. The minimum Gasteiger partial charge on any atom is -0.295 e. The molecule has 5 heteroatoms. The molecule has 3 rings (SSSR count). The largest absolute Gasteiger partial charge is 0.295 e. The van der Waals surface area contributed by atoms with Crippen LogP contribution >= 0.6 is 11.6 Å². The van der Waals surface area contributed by atoms with Crippen molar-refractivity contribution in [3.63, 3.8) is 0 Å². The number of hydrogen-bond acceptors (Lipinski definition) is 3. The van der Waals surface area contributed by atoms with E-state index in [0.717, 1.165) is 0 Å². The zero-order valence-corrected chi connectivity index (χ0v) is 10.0. The fourth-order valence-corrected chi connectivity index (χ4v) is 1.91. The summed E-state index contributed by atoms with van der Waals surface area (Å²) in [5, 5.41) is 0.551. The molecule has 3 aromatic rings. The summed E-state index contributed by atoms with van der Waals surface area (Å²) >= 11 is 5.92. The number of halogens is 1. The van der Waals surface area contributed by atoms with Crippen molar-refractivity contribution in [2.24, 2.45) is 0 Å². The van der Waals surface area contributed by atoms with Crippen molar-refractivity contribution in [2.45, 2.75) is 0 Å². The van der Waals surface area contributed by atoms with Gasteiger partial charge in [-0.2, -0.15) is 0 Å². The number of aromatic nitrogens is 3. The first-order valence-corrected chi connectivity index (χ1v) is 5.72. The Labute approximate surface area is 108 Å². The lowest BCUT2D eigenvalue weighted by atomic mass is 10.2. The highest BCUT2D eigenvalue weighted by atomic mass is 35.5. The molecule has 0 amide bonds. The van der Waals surface area contributed by atoms with Crippen LogP contribution in [0.2, 0.25) is 5.02 Å². The Balaban J connectivity index is 2.15. The average Bonchev–Trinajstić information content (AvgIpc) is 2.82. The van der Waals surface area contributed by atoms with Crippen LogP contribution in [0.5, 0.6) is 0 Å². The third-order valence-corrected chi connectivity index (χ3v) is 2.82. The monoisotopic (exact) mass is 257 g/mol. The van der Waals surface area contributed by atoms with Crippen molar-refractivity contribution in [1.29, 1.82) is 0 Å². The van der Waals surface area contributed by atoms with Gasteiger partial charge in [0, 0.05) is 12.4 Å². The lowest BCUT2D eigenvalue weighted by Crippen LogP contribution is -2.06. The number of ketones is 1. The Kier molecular flexibility index (Phi) is 2.57. The zero-order chi connectivity index (χ0) is 12.5. The molecule has 0 saturated heterocycles. The number of carbonyl (C=O) groups excluding carboxylic acids is 1. The molecular weight excluding hydrogens is 250 g/mol. The Morgan fingerprint density at radius 1 is 1.17 bits per heavy atom. The molecule has 0 N–H and O–H groups in total. The molecule has 0 spiro atoms. The van der Waals surface area contributed by atoms with Crippen LogP contribution in [0, 0.1) is 0 Å². The van der Waals surface area contributed by atoms with Crippen molar-refractivity contribution >= 4 is 23.0 Å². The molecule has 0 aromatic carbocycles. The van der Waals surface area contributed by atoms with Crippen LogP contribution in [0.3, 0.4) is 0 Å². The van der Waals surface area contributed by atoms with E-state index in [1.54, 1.807) is 47.1 Å². The van der Waals surface area contributed by atoms with E-state index in [1.807, 2.05) is 0 Å². The predicted octanol–water partition coefficient (Wildman–Crippen LogP) is 2.61. The van der Waals surface area contributed by atoms with Crippen LogP contribution in [0.1, 0.15) is 16.2 Å². The van der Waals surface area contributed by atoms with E-state index >= 15 is 0 Å². The van der Waals surface area contributed by atoms with Crippen molar-refractivity contribution in [3.05, 3.63) is 65.3 Å². The minimum absolute atomic E-state index is 0.176. The molecule has 0 aliphatic rings. The van der Waals surface area contributed by atoms with E-state index in [-0.39, 0.29) is 5.78 Å². The SMILES string of the molecule is O=C(c1ccccn1)c1cnc2ccc(Cl)cn12. The lowest BCUT2D eigenvalue weighted by molar-refractivity contribution is 0.102. The summed E-state index contributed by atoms with van der Waals surface area (Å²) < 4.78 is 1.67. The summed E-state index contributed by atoms with van der Waals surface area (Å²) in [6.07, 6.45) is 4.78. The smallest absolute Gasteiger partial charge is 0.229 e. The Morgan fingerprint density at radius 3 is 2.83 bits per heavy atom. The average molecular weight is 258 g/mol. The van der Waals surface area contributed by atoms with Gasteiger partial charge in [0.25, 0.3) is 0 Å². The van der Waals surface area contributed by atoms with Crippen molar-refractivity contribution in [2.75, 3.05) is 0 Å². The van der Waals surface area contributed by atoms with Gasteiger partial charge in [0.15, 0.2) is 0 Å². The second-order valence-electron chi connectivity index (χ2n) is 3.76. The van der Waals surface area contributed by atoms with Crippen molar-refractivity contribution in [1.82, 2.24) is 14.4 Å². The fraction of sp³-hybridized carbons (Fsp3) is 0.